The summed E-state index contributed by atoms with van der Waals surface area (Å²) in [7, 11) is 0. The van der Waals surface area contributed by atoms with E-state index >= 15 is 0 Å². The highest BCUT2D eigenvalue weighted by atomic mass is 16.1. The maximum atomic E-state index is 11.1. The highest BCUT2D eigenvalue weighted by Gasteiger charge is 1.99. The van der Waals surface area contributed by atoms with Crippen LogP contribution in [0.25, 0.3) is 0 Å². The standard InChI is InChI=1S/C11H9N5O/c12-6-7-1-3-8(4-2-7)14-11-15-9(13)5-10(17)16-11/h1-5H,(H4,13,14,15,16,17). The Morgan fingerprint density at radius 2 is 2.06 bits per heavy atom. The predicted molar refractivity (Wildman–Crippen MR) is 63.7 cm³/mol. The van der Waals surface area contributed by atoms with Crippen LogP contribution in [0.4, 0.5) is 17.5 Å². The Kier molecular flexibility index (Phi) is 2.75. The van der Waals surface area contributed by atoms with Crippen molar-refractivity contribution in [3.05, 3.63) is 46.2 Å². The molecular formula is C11H9N5O. The first-order chi connectivity index (χ1) is 8.17. The van der Waals surface area contributed by atoms with E-state index in [-0.39, 0.29) is 17.3 Å². The van der Waals surface area contributed by atoms with E-state index in [0.717, 1.165) is 0 Å². The molecule has 6 nitrogen and oxygen atoms in total. The highest BCUT2D eigenvalue weighted by molar-refractivity contribution is 5.55. The van der Waals surface area contributed by atoms with Crippen molar-refractivity contribution in [2.45, 2.75) is 0 Å². The van der Waals surface area contributed by atoms with E-state index in [4.69, 9.17) is 11.0 Å². The van der Waals surface area contributed by atoms with Crippen molar-refractivity contribution in [1.82, 2.24) is 9.97 Å². The topological polar surface area (TPSA) is 108 Å². The molecule has 4 N–H and O–H groups in total. The van der Waals surface area contributed by atoms with Crippen molar-refractivity contribution >= 4 is 17.5 Å². The molecule has 1 aromatic carbocycles. The van der Waals surface area contributed by atoms with E-state index in [2.05, 4.69) is 15.3 Å². The molecule has 0 bridgehead atoms. The van der Waals surface area contributed by atoms with Gasteiger partial charge in [-0.1, -0.05) is 0 Å². The zero-order valence-electron chi connectivity index (χ0n) is 8.77. The fourth-order valence-electron chi connectivity index (χ4n) is 1.30. The fourth-order valence-corrected chi connectivity index (χ4v) is 1.30. The van der Waals surface area contributed by atoms with Crippen LogP contribution in [0.15, 0.2) is 35.1 Å². The molecule has 17 heavy (non-hydrogen) atoms. The van der Waals surface area contributed by atoms with Crippen molar-refractivity contribution in [3.63, 3.8) is 0 Å². The average molecular weight is 227 g/mol. The molecule has 0 spiro atoms. The van der Waals surface area contributed by atoms with Crippen LogP contribution >= 0.6 is 0 Å². The van der Waals surface area contributed by atoms with Crippen molar-refractivity contribution in [2.75, 3.05) is 11.1 Å². The Hall–Kier alpha value is -2.81. The highest BCUT2D eigenvalue weighted by Crippen LogP contribution is 2.13. The molecule has 6 heteroatoms. The second-order valence-electron chi connectivity index (χ2n) is 3.33. The molecule has 0 fully saturated rings. The van der Waals surface area contributed by atoms with Gasteiger partial charge in [-0.15, -0.1) is 0 Å². The fraction of sp³-hybridized carbons (Fsp3) is 0. The minimum atomic E-state index is -0.325. The van der Waals surface area contributed by atoms with Gasteiger partial charge in [0.15, 0.2) is 0 Å². The minimum Gasteiger partial charge on any atom is -0.383 e. The summed E-state index contributed by atoms with van der Waals surface area (Å²) in [5.41, 5.74) is 6.39. The van der Waals surface area contributed by atoms with Gasteiger partial charge in [-0.25, -0.2) is 0 Å². The Morgan fingerprint density at radius 3 is 2.65 bits per heavy atom. The number of aromatic nitrogens is 2. The number of nitrogens with one attached hydrogen (secondary N) is 2. The number of aromatic amines is 1. The smallest absolute Gasteiger partial charge is 0.254 e. The van der Waals surface area contributed by atoms with Crippen LogP contribution in [0.5, 0.6) is 0 Å². The second-order valence-corrected chi connectivity index (χ2v) is 3.33. The third kappa shape index (κ3) is 2.60. The lowest BCUT2D eigenvalue weighted by Gasteiger charge is -2.05. The summed E-state index contributed by atoms with van der Waals surface area (Å²) in [5, 5.41) is 11.5. The molecule has 1 aromatic heterocycles. The zero-order valence-corrected chi connectivity index (χ0v) is 8.77. The lowest BCUT2D eigenvalue weighted by atomic mass is 10.2. The lowest BCUT2D eigenvalue weighted by Crippen LogP contribution is -2.11. The number of nitrogens with two attached hydrogens (primary N) is 1. The summed E-state index contributed by atoms with van der Waals surface area (Å²) in [6.07, 6.45) is 0. The van der Waals surface area contributed by atoms with E-state index in [0.29, 0.717) is 11.3 Å². The van der Waals surface area contributed by atoms with Crippen molar-refractivity contribution in [2.24, 2.45) is 0 Å². The Bertz CT molecular complexity index is 624. The number of H-pyrrole nitrogens is 1. The molecule has 2 rings (SSSR count). The number of benzene rings is 1. The number of hydrogen-bond acceptors (Lipinski definition) is 5. The monoisotopic (exact) mass is 227 g/mol. The van der Waals surface area contributed by atoms with Gasteiger partial charge in [0.05, 0.1) is 11.6 Å². The summed E-state index contributed by atoms with van der Waals surface area (Å²) < 4.78 is 0. The van der Waals surface area contributed by atoms with Gasteiger partial charge in [0.25, 0.3) is 5.56 Å². The van der Waals surface area contributed by atoms with Crippen molar-refractivity contribution in [3.8, 4) is 6.07 Å². The first-order valence-electron chi connectivity index (χ1n) is 4.81. The normalized spacial score (nSPS) is 9.59. The van der Waals surface area contributed by atoms with E-state index in [1.54, 1.807) is 24.3 Å². The Labute approximate surface area is 96.7 Å². The summed E-state index contributed by atoms with van der Waals surface area (Å²) in [5.74, 6) is 0.407. The molecule has 1 heterocycles. The third-order valence-corrected chi connectivity index (χ3v) is 2.04. The van der Waals surface area contributed by atoms with Gasteiger partial charge in [0.2, 0.25) is 5.95 Å². The van der Waals surface area contributed by atoms with E-state index < -0.39 is 0 Å². The third-order valence-electron chi connectivity index (χ3n) is 2.04. The molecule has 0 radical (unpaired) electrons. The summed E-state index contributed by atoms with van der Waals surface area (Å²) >= 11 is 0. The minimum absolute atomic E-state index is 0.143. The Balaban J connectivity index is 2.25. The molecule has 0 unspecified atom stereocenters. The first-order valence-corrected chi connectivity index (χ1v) is 4.81. The maximum Gasteiger partial charge on any atom is 0.254 e. The molecular weight excluding hydrogens is 218 g/mol. The Morgan fingerprint density at radius 1 is 1.35 bits per heavy atom. The molecule has 2 aromatic rings. The number of hydrogen-bond donors (Lipinski definition) is 3. The van der Waals surface area contributed by atoms with Gasteiger partial charge < -0.3 is 11.1 Å². The van der Waals surface area contributed by atoms with Crippen LogP contribution in [0.3, 0.4) is 0 Å². The number of anilines is 3. The molecule has 0 saturated heterocycles. The van der Waals surface area contributed by atoms with Crippen molar-refractivity contribution in [1.29, 1.82) is 5.26 Å². The van der Waals surface area contributed by atoms with Crippen LogP contribution in [-0.2, 0) is 0 Å². The van der Waals surface area contributed by atoms with Crippen LogP contribution in [0.1, 0.15) is 5.56 Å². The quantitative estimate of drug-likeness (QED) is 0.708. The molecule has 0 atom stereocenters. The molecule has 0 aliphatic heterocycles. The van der Waals surface area contributed by atoms with E-state index in [1.165, 1.54) is 6.07 Å². The molecule has 0 aliphatic rings. The van der Waals surface area contributed by atoms with E-state index in [1.807, 2.05) is 6.07 Å². The number of nitrogen functional groups attached to an aromatic ring is 1. The van der Waals surface area contributed by atoms with Crippen LogP contribution < -0.4 is 16.6 Å². The van der Waals surface area contributed by atoms with Gasteiger partial charge in [0, 0.05) is 11.8 Å². The van der Waals surface area contributed by atoms with Gasteiger partial charge in [-0.3, -0.25) is 9.78 Å². The molecule has 0 saturated carbocycles. The van der Waals surface area contributed by atoms with Crippen LogP contribution in [0.2, 0.25) is 0 Å². The van der Waals surface area contributed by atoms with E-state index in [9.17, 15) is 4.79 Å². The summed E-state index contributed by atoms with van der Waals surface area (Å²) in [6, 6.07) is 9.95. The molecule has 0 amide bonds. The van der Waals surface area contributed by atoms with Crippen LogP contribution in [-0.4, -0.2) is 9.97 Å². The average Bonchev–Trinajstić information content (AvgIpc) is 2.28. The van der Waals surface area contributed by atoms with Crippen LogP contribution in [0, 0.1) is 11.3 Å². The number of rotatable bonds is 2. The van der Waals surface area contributed by atoms with Gasteiger partial charge >= 0.3 is 0 Å². The molecule has 0 aliphatic carbocycles. The summed E-state index contributed by atoms with van der Waals surface area (Å²) in [4.78, 5) is 17.6. The number of nitriles is 1. The second kappa shape index (κ2) is 4.37. The molecule has 84 valence electrons. The lowest BCUT2D eigenvalue weighted by molar-refractivity contribution is 1.13. The largest absolute Gasteiger partial charge is 0.383 e. The predicted octanol–water partition coefficient (Wildman–Crippen LogP) is 0.967. The van der Waals surface area contributed by atoms with Gasteiger partial charge in [-0.05, 0) is 24.3 Å². The SMILES string of the molecule is N#Cc1ccc(Nc2nc(N)cc(=O)[nH]2)cc1. The first kappa shape index (κ1) is 10.7. The maximum absolute atomic E-state index is 11.1. The van der Waals surface area contributed by atoms with Crippen molar-refractivity contribution < 1.29 is 0 Å². The van der Waals surface area contributed by atoms with Gasteiger partial charge in [0.1, 0.15) is 5.82 Å². The number of nitrogens with zero attached hydrogens (tertiary/aromatic N) is 2. The zero-order chi connectivity index (χ0) is 12.3. The van der Waals surface area contributed by atoms with Gasteiger partial charge in [-0.2, -0.15) is 10.2 Å². The summed E-state index contributed by atoms with van der Waals surface area (Å²) in [6.45, 7) is 0.